The van der Waals surface area contributed by atoms with Crippen LogP contribution in [-0.2, 0) is 19.4 Å². The molecule has 2 rings (SSSR count). The minimum absolute atomic E-state index is 0.00200. The number of hydrogen-bond donors (Lipinski definition) is 0. The van der Waals surface area contributed by atoms with Crippen molar-refractivity contribution in [3.8, 4) is 0 Å². The molecule has 0 saturated carbocycles. The Kier molecular flexibility index (Phi) is 4.77. The summed E-state index contributed by atoms with van der Waals surface area (Å²) in [5.41, 5.74) is 0.800. The molecular weight excluding hydrogens is 278 g/mol. The lowest BCUT2D eigenvalue weighted by atomic mass is 10.1. The van der Waals surface area contributed by atoms with Crippen LogP contribution in [0.2, 0.25) is 0 Å². The van der Waals surface area contributed by atoms with Gasteiger partial charge < -0.3 is 9.64 Å². The number of methoxy groups -OCH3 is 1. The van der Waals surface area contributed by atoms with Crippen LogP contribution >= 0.6 is 0 Å². The maximum atomic E-state index is 12.4. The molecule has 1 fully saturated rings. The van der Waals surface area contributed by atoms with Gasteiger partial charge >= 0.3 is 0 Å². The first-order chi connectivity index (χ1) is 9.54. The fourth-order valence-corrected chi connectivity index (χ4v) is 4.25. The summed E-state index contributed by atoms with van der Waals surface area (Å²) in [6.07, 6.45) is 0.432. The molecule has 1 aliphatic heterocycles. The van der Waals surface area contributed by atoms with E-state index in [1.807, 2.05) is 30.3 Å². The second-order valence-electron chi connectivity index (χ2n) is 4.87. The summed E-state index contributed by atoms with van der Waals surface area (Å²) in [5, 5.41) is -0.524. The third-order valence-corrected chi connectivity index (χ3v) is 5.66. The molecule has 20 heavy (non-hydrogen) atoms. The van der Waals surface area contributed by atoms with Crippen LogP contribution in [0.3, 0.4) is 0 Å². The van der Waals surface area contributed by atoms with Crippen molar-refractivity contribution in [1.29, 1.82) is 0 Å². The van der Waals surface area contributed by atoms with Gasteiger partial charge in [-0.15, -0.1) is 0 Å². The smallest absolute Gasteiger partial charge is 0.248 e. The van der Waals surface area contributed by atoms with Crippen LogP contribution in [0, 0.1) is 0 Å². The summed E-state index contributed by atoms with van der Waals surface area (Å²) >= 11 is 0. The molecule has 1 atom stereocenters. The molecule has 0 unspecified atom stereocenters. The van der Waals surface area contributed by atoms with Crippen LogP contribution in [-0.4, -0.2) is 51.8 Å². The van der Waals surface area contributed by atoms with Gasteiger partial charge in [0.1, 0.15) is 6.61 Å². The largest absolute Gasteiger partial charge is 0.375 e. The number of benzene rings is 1. The minimum Gasteiger partial charge on any atom is -0.375 e. The van der Waals surface area contributed by atoms with Crippen molar-refractivity contribution in [3.05, 3.63) is 35.9 Å². The highest BCUT2D eigenvalue weighted by Crippen LogP contribution is 2.29. The molecule has 0 spiro atoms. The first kappa shape index (κ1) is 15.0. The van der Waals surface area contributed by atoms with Crippen molar-refractivity contribution in [2.45, 2.75) is 11.7 Å². The van der Waals surface area contributed by atoms with Gasteiger partial charge in [0.25, 0.3) is 0 Å². The van der Waals surface area contributed by atoms with Gasteiger partial charge in [0.05, 0.1) is 11.0 Å². The van der Waals surface area contributed by atoms with E-state index in [9.17, 15) is 13.2 Å². The van der Waals surface area contributed by atoms with E-state index < -0.39 is 15.1 Å². The number of rotatable bonds is 3. The second-order valence-corrected chi connectivity index (χ2v) is 7.17. The highest BCUT2D eigenvalue weighted by atomic mass is 32.2. The van der Waals surface area contributed by atoms with Crippen molar-refractivity contribution in [1.82, 2.24) is 4.90 Å². The number of carbonyl (C=O) groups excluding carboxylic acids is 1. The summed E-state index contributed by atoms with van der Waals surface area (Å²) in [6.45, 7) is 0.685. The Balaban J connectivity index is 2.18. The fourth-order valence-electron chi connectivity index (χ4n) is 2.45. The van der Waals surface area contributed by atoms with Gasteiger partial charge in [-0.05, 0) is 12.0 Å². The highest BCUT2D eigenvalue weighted by molar-refractivity contribution is 7.91. The Morgan fingerprint density at radius 3 is 2.65 bits per heavy atom. The maximum Gasteiger partial charge on any atom is 0.248 e. The Labute approximate surface area is 119 Å². The topological polar surface area (TPSA) is 63.7 Å². The molecule has 1 aliphatic rings. The van der Waals surface area contributed by atoms with E-state index in [0.29, 0.717) is 13.0 Å². The van der Waals surface area contributed by atoms with Crippen LogP contribution in [0.5, 0.6) is 0 Å². The molecule has 1 amide bonds. The minimum atomic E-state index is -3.23. The lowest BCUT2D eigenvalue weighted by Crippen LogP contribution is -2.36. The standard InChI is InChI=1S/C14H19NO4S/c1-19-11-14(16)15-8-7-13(20(17,18)10-9-15)12-5-3-2-4-6-12/h2-6,13H,7-11H2,1H3/t13-/m0/s1. The lowest BCUT2D eigenvalue weighted by Gasteiger charge is -2.19. The van der Waals surface area contributed by atoms with Crippen LogP contribution in [0.1, 0.15) is 17.2 Å². The van der Waals surface area contributed by atoms with Crippen molar-refractivity contribution in [3.63, 3.8) is 0 Å². The Morgan fingerprint density at radius 2 is 2.00 bits per heavy atom. The molecule has 6 heteroatoms. The number of amides is 1. The number of hydrogen-bond acceptors (Lipinski definition) is 4. The average molecular weight is 297 g/mol. The fraction of sp³-hybridized carbons (Fsp3) is 0.500. The number of nitrogens with zero attached hydrogens (tertiary/aromatic N) is 1. The molecule has 0 bridgehead atoms. The molecule has 0 radical (unpaired) electrons. The summed E-state index contributed by atoms with van der Waals surface area (Å²) in [6, 6.07) is 9.19. The van der Waals surface area contributed by atoms with Crippen molar-refractivity contribution < 1.29 is 17.9 Å². The van der Waals surface area contributed by atoms with Gasteiger partial charge in [-0.2, -0.15) is 0 Å². The monoisotopic (exact) mass is 297 g/mol. The third-order valence-electron chi connectivity index (χ3n) is 3.53. The first-order valence-electron chi connectivity index (χ1n) is 6.58. The molecular formula is C14H19NO4S. The quantitative estimate of drug-likeness (QED) is 0.835. The predicted molar refractivity (Wildman–Crippen MR) is 76.0 cm³/mol. The molecule has 0 N–H and O–H groups in total. The highest BCUT2D eigenvalue weighted by Gasteiger charge is 2.32. The molecule has 110 valence electrons. The number of ether oxygens (including phenoxy) is 1. The van der Waals surface area contributed by atoms with E-state index in [-0.39, 0.29) is 24.8 Å². The Bertz CT molecular complexity index is 556. The molecule has 5 nitrogen and oxygen atoms in total. The van der Waals surface area contributed by atoms with Crippen molar-refractivity contribution >= 4 is 15.7 Å². The van der Waals surface area contributed by atoms with E-state index in [1.54, 1.807) is 4.90 Å². The van der Waals surface area contributed by atoms with Gasteiger partial charge in [-0.25, -0.2) is 8.42 Å². The van der Waals surface area contributed by atoms with Crippen LogP contribution in [0.25, 0.3) is 0 Å². The van der Waals surface area contributed by atoms with E-state index >= 15 is 0 Å². The molecule has 1 saturated heterocycles. The van der Waals surface area contributed by atoms with Gasteiger partial charge in [-0.1, -0.05) is 30.3 Å². The van der Waals surface area contributed by atoms with E-state index in [0.717, 1.165) is 5.56 Å². The zero-order chi connectivity index (χ0) is 14.6. The number of carbonyl (C=O) groups is 1. The van der Waals surface area contributed by atoms with E-state index in [1.165, 1.54) is 7.11 Å². The molecule has 1 aromatic carbocycles. The Hall–Kier alpha value is -1.40. The summed E-state index contributed by atoms with van der Waals surface area (Å²) < 4.78 is 29.5. The maximum absolute atomic E-state index is 12.4. The van der Waals surface area contributed by atoms with Crippen molar-refractivity contribution in [2.75, 3.05) is 32.6 Å². The molecule has 0 aromatic heterocycles. The normalized spacial score (nSPS) is 22.2. The van der Waals surface area contributed by atoms with Crippen LogP contribution in [0.4, 0.5) is 0 Å². The summed E-state index contributed by atoms with van der Waals surface area (Å²) in [4.78, 5) is 13.4. The van der Waals surface area contributed by atoms with Gasteiger partial charge in [0.15, 0.2) is 9.84 Å². The molecule has 0 aliphatic carbocycles. The zero-order valence-electron chi connectivity index (χ0n) is 11.5. The Morgan fingerprint density at radius 1 is 1.30 bits per heavy atom. The van der Waals surface area contributed by atoms with Crippen molar-refractivity contribution in [2.24, 2.45) is 0 Å². The average Bonchev–Trinajstić information content (AvgIpc) is 2.58. The second kappa shape index (κ2) is 6.37. The predicted octanol–water partition coefficient (Wildman–Crippen LogP) is 1.02. The van der Waals surface area contributed by atoms with E-state index in [2.05, 4.69) is 0 Å². The molecule has 1 aromatic rings. The molecule has 1 heterocycles. The van der Waals surface area contributed by atoms with Crippen LogP contribution < -0.4 is 0 Å². The zero-order valence-corrected chi connectivity index (χ0v) is 12.3. The first-order valence-corrected chi connectivity index (χ1v) is 8.29. The van der Waals surface area contributed by atoms with E-state index in [4.69, 9.17) is 4.74 Å². The third kappa shape index (κ3) is 3.37. The summed E-state index contributed by atoms with van der Waals surface area (Å²) in [7, 11) is -1.77. The van der Waals surface area contributed by atoms with Crippen LogP contribution in [0.15, 0.2) is 30.3 Å². The number of sulfone groups is 1. The van der Waals surface area contributed by atoms with Gasteiger partial charge in [-0.3, -0.25) is 4.79 Å². The SMILES string of the molecule is COCC(=O)N1CC[C@@H](c2ccccc2)S(=O)(=O)CC1. The van der Waals surface area contributed by atoms with Gasteiger partial charge in [0, 0.05) is 20.2 Å². The lowest BCUT2D eigenvalue weighted by molar-refractivity contribution is -0.134. The summed E-state index contributed by atoms with van der Waals surface area (Å²) in [5.74, 6) is -0.154. The van der Waals surface area contributed by atoms with Gasteiger partial charge in [0.2, 0.25) is 5.91 Å².